The van der Waals surface area contributed by atoms with Gasteiger partial charge in [-0.2, -0.15) is 8.42 Å². The maximum atomic E-state index is 12.7. The summed E-state index contributed by atoms with van der Waals surface area (Å²) in [4.78, 5) is 24.6. The van der Waals surface area contributed by atoms with Gasteiger partial charge < -0.3 is 8.75 Å². The first kappa shape index (κ1) is 17.9. The summed E-state index contributed by atoms with van der Waals surface area (Å²) in [5, 5.41) is 0.371. The summed E-state index contributed by atoms with van der Waals surface area (Å²) in [6.07, 6.45) is 0. The fraction of sp³-hybridized carbons (Fsp3) is 0.158. The minimum Gasteiger partial charge on any atom is -0.377 e. The van der Waals surface area contributed by atoms with E-state index in [0.717, 1.165) is 5.56 Å². The first-order valence-electron chi connectivity index (χ1n) is 7.86. The highest BCUT2D eigenvalue weighted by Crippen LogP contribution is 2.30. The zero-order valence-corrected chi connectivity index (χ0v) is 15.3. The van der Waals surface area contributed by atoms with E-state index in [9.17, 15) is 18.0 Å². The second-order valence-corrected chi connectivity index (χ2v) is 7.54. The van der Waals surface area contributed by atoms with Gasteiger partial charge in [0.1, 0.15) is 10.5 Å². The standard InChI is InChI=1S/C19H17NO5S/c1-12-8-10-14(11-9-12)26(23,24)25-18-15-6-4-5-7-16(15)20(3)19(22)17(18)13(2)21/h4-11H,1-3H3. The van der Waals surface area contributed by atoms with Crippen LogP contribution < -0.4 is 9.74 Å². The largest absolute Gasteiger partial charge is 0.377 e. The molecule has 0 fully saturated rings. The van der Waals surface area contributed by atoms with Gasteiger partial charge >= 0.3 is 10.1 Å². The lowest BCUT2D eigenvalue weighted by atomic mass is 10.1. The van der Waals surface area contributed by atoms with Gasteiger partial charge in [0.15, 0.2) is 11.5 Å². The molecule has 134 valence electrons. The molecule has 1 aromatic heterocycles. The lowest BCUT2D eigenvalue weighted by Crippen LogP contribution is -2.26. The number of fused-ring (bicyclic) bond motifs is 1. The number of para-hydroxylation sites is 1. The molecule has 26 heavy (non-hydrogen) atoms. The Kier molecular flexibility index (Phi) is 4.41. The predicted octanol–water partition coefficient (Wildman–Crippen LogP) is 2.82. The van der Waals surface area contributed by atoms with E-state index >= 15 is 0 Å². The number of benzene rings is 2. The maximum absolute atomic E-state index is 12.7. The third-order valence-electron chi connectivity index (χ3n) is 4.11. The Bertz CT molecular complexity index is 1180. The van der Waals surface area contributed by atoms with Crippen molar-refractivity contribution in [2.24, 2.45) is 7.05 Å². The van der Waals surface area contributed by atoms with E-state index in [1.807, 2.05) is 6.92 Å². The number of Topliss-reactive ketones (excluding diaryl/α,β-unsaturated/α-hetero) is 1. The Morgan fingerprint density at radius 2 is 1.65 bits per heavy atom. The van der Waals surface area contributed by atoms with Gasteiger partial charge in [0.05, 0.1) is 5.52 Å². The minimum atomic E-state index is -4.21. The molecular weight excluding hydrogens is 354 g/mol. The van der Waals surface area contributed by atoms with Crippen LogP contribution in [0.5, 0.6) is 5.75 Å². The van der Waals surface area contributed by atoms with Crippen molar-refractivity contribution in [2.45, 2.75) is 18.7 Å². The summed E-state index contributed by atoms with van der Waals surface area (Å²) in [7, 11) is -2.68. The van der Waals surface area contributed by atoms with Crippen LogP contribution in [0.1, 0.15) is 22.8 Å². The van der Waals surface area contributed by atoms with Gasteiger partial charge in [0.25, 0.3) is 5.56 Å². The Morgan fingerprint density at radius 1 is 1.04 bits per heavy atom. The zero-order valence-electron chi connectivity index (χ0n) is 14.5. The summed E-state index contributed by atoms with van der Waals surface area (Å²) in [6, 6.07) is 12.8. The van der Waals surface area contributed by atoms with Crippen LogP contribution in [-0.4, -0.2) is 18.8 Å². The highest BCUT2D eigenvalue weighted by Gasteiger charge is 2.25. The van der Waals surface area contributed by atoms with E-state index in [-0.39, 0.29) is 16.2 Å². The topological polar surface area (TPSA) is 82.4 Å². The highest BCUT2D eigenvalue weighted by atomic mass is 32.2. The minimum absolute atomic E-state index is 0.0534. The number of rotatable bonds is 4. The fourth-order valence-corrected chi connectivity index (χ4v) is 3.68. The second kappa shape index (κ2) is 6.42. The number of hydrogen-bond acceptors (Lipinski definition) is 5. The quantitative estimate of drug-likeness (QED) is 0.520. The molecule has 0 aliphatic heterocycles. The van der Waals surface area contributed by atoms with Crippen molar-refractivity contribution < 1.29 is 17.4 Å². The summed E-state index contributed by atoms with van der Waals surface area (Å²) < 4.78 is 32.0. The third kappa shape index (κ3) is 3.01. The Balaban J connectivity index is 2.29. The summed E-state index contributed by atoms with van der Waals surface area (Å²) in [5.41, 5.74) is 0.469. The molecule has 0 saturated carbocycles. The Hall–Kier alpha value is -2.93. The molecular formula is C19H17NO5S. The molecule has 0 spiro atoms. The van der Waals surface area contributed by atoms with Gasteiger partial charge in [0.2, 0.25) is 0 Å². The van der Waals surface area contributed by atoms with E-state index in [0.29, 0.717) is 10.9 Å². The molecule has 0 amide bonds. The molecule has 0 bridgehead atoms. The van der Waals surface area contributed by atoms with Gasteiger partial charge in [-0.05, 0) is 38.1 Å². The third-order valence-corrected chi connectivity index (χ3v) is 5.35. The van der Waals surface area contributed by atoms with Gasteiger partial charge in [-0.15, -0.1) is 0 Å². The fourth-order valence-electron chi connectivity index (χ4n) is 2.73. The molecule has 1 heterocycles. The number of ketones is 1. The monoisotopic (exact) mass is 371 g/mol. The smallest absolute Gasteiger partial charge is 0.339 e. The van der Waals surface area contributed by atoms with E-state index < -0.39 is 21.5 Å². The van der Waals surface area contributed by atoms with Crippen LogP contribution in [0.3, 0.4) is 0 Å². The molecule has 0 unspecified atom stereocenters. The number of nitrogens with zero attached hydrogens (tertiary/aromatic N) is 1. The molecule has 7 heteroatoms. The highest BCUT2D eigenvalue weighted by molar-refractivity contribution is 7.87. The van der Waals surface area contributed by atoms with Crippen LogP contribution in [0.2, 0.25) is 0 Å². The Morgan fingerprint density at radius 3 is 2.27 bits per heavy atom. The number of hydrogen-bond donors (Lipinski definition) is 0. The molecule has 6 nitrogen and oxygen atoms in total. The average Bonchev–Trinajstić information content (AvgIpc) is 2.59. The van der Waals surface area contributed by atoms with Crippen LogP contribution in [0.15, 0.2) is 58.2 Å². The molecule has 0 aliphatic rings. The van der Waals surface area contributed by atoms with Gasteiger partial charge in [-0.1, -0.05) is 29.8 Å². The van der Waals surface area contributed by atoms with Crippen LogP contribution in [0, 0.1) is 6.92 Å². The van der Waals surface area contributed by atoms with Crippen molar-refractivity contribution in [1.82, 2.24) is 4.57 Å². The van der Waals surface area contributed by atoms with Crippen LogP contribution in [0.25, 0.3) is 10.9 Å². The SMILES string of the molecule is CC(=O)c1c(OS(=O)(=O)c2ccc(C)cc2)c2ccccc2n(C)c1=O. The lowest BCUT2D eigenvalue weighted by Gasteiger charge is -2.15. The number of carbonyl (C=O) groups is 1. The molecule has 0 saturated heterocycles. The van der Waals surface area contributed by atoms with Crippen LogP contribution in [-0.2, 0) is 17.2 Å². The average molecular weight is 371 g/mol. The zero-order chi connectivity index (χ0) is 19.1. The van der Waals surface area contributed by atoms with Gasteiger partial charge in [-0.3, -0.25) is 9.59 Å². The number of carbonyl (C=O) groups excluding carboxylic acids is 1. The van der Waals surface area contributed by atoms with Crippen molar-refractivity contribution in [3.05, 3.63) is 70.0 Å². The normalized spacial score (nSPS) is 11.5. The number of aromatic nitrogens is 1. The lowest BCUT2D eigenvalue weighted by molar-refractivity contribution is 0.101. The number of aryl methyl sites for hydroxylation is 2. The van der Waals surface area contributed by atoms with Crippen molar-refractivity contribution in [3.63, 3.8) is 0 Å². The van der Waals surface area contributed by atoms with E-state index in [2.05, 4.69) is 0 Å². The molecule has 0 aliphatic carbocycles. The molecule has 2 aromatic carbocycles. The summed E-state index contributed by atoms with van der Waals surface area (Å²) >= 11 is 0. The second-order valence-electron chi connectivity index (χ2n) is 5.99. The first-order valence-corrected chi connectivity index (χ1v) is 9.27. The van der Waals surface area contributed by atoms with Crippen LogP contribution in [0.4, 0.5) is 0 Å². The molecule has 0 radical (unpaired) electrons. The van der Waals surface area contributed by atoms with Crippen molar-refractivity contribution in [3.8, 4) is 5.75 Å². The van der Waals surface area contributed by atoms with E-state index in [4.69, 9.17) is 4.18 Å². The molecule has 0 atom stereocenters. The van der Waals surface area contributed by atoms with E-state index in [1.54, 1.807) is 36.4 Å². The van der Waals surface area contributed by atoms with Gasteiger partial charge in [-0.25, -0.2) is 0 Å². The Labute approximate surface area is 150 Å². The molecule has 3 rings (SSSR count). The predicted molar refractivity (Wildman–Crippen MR) is 98.2 cm³/mol. The van der Waals surface area contributed by atoms with Gasteiger partial charge in [0, 0.05) is 12.4 Å². The van der Waals surface area contributed by atoms with Crippen LogP contribution >= 0.6 is 0 Å². The summed E-state index contributed by atoms with van der Waals surface area (Å²) in [6.45, 7) is 3.04. The van der Waals surface area contributed by atoms with Crippen molar-refractivity contribution >= 4 is 26.8 Å². The molecule has 3 aromatic rings. The van der Waals surface area contributed by atoms with E-state index in [1.165, 1.54) is 30.7 Å². The summed E-state index contributed by atoms with van der Waals surface area (Å²) in [5.74, 6) is -0.803. The van der Waals surface area contributed by atoms with Crippen molar-refractivity contribution in [2.75, 3.05) is 0 Å². The van der Waals surface area contributed by atoms with Crippen molar-refractivity contribution in [1.29, 1.82) is 0 Å². The number of pyridine rings is 1. The maximum Gasteiger partial charge on any atom is 0.339 e. The molecule has 0 N–H and O–H groups in total. The first-order chi connectivity index (χ1) is 12.2.